The van der Waals surface area contributed by atoms with E-state index in [9.17, 15) is 22.8 Å². The summed E-state index contributed by atoms with van der Waals surface area (Å²) in [7, 11) is 1.92. The highest BCUT2D eigenvalue weighted by Gasteiger charge is 2.44. The second-order valence-corrected chi connectivity index (χ2v) is 10.2. The molecule has 1 saturated heterocycles. The van der Waals surface area contributed by atoms with E-state index in [1.54, 1.807) is 4.57 Å². The number of rotatable bonds is 4. The Morgan fingerprint density at radius 1 is 1.22 bits per heavy atom. The minimum absolute atomic E-state index is 0.0236. The molecule has 0 bridgehead atoms. The zero-order valence-corrected chi connectivity index (χ0v) is 20.3. The van der Waals surface area contributed by atoms with Crippen LogP contribution in [0.3, 0.4) is 0 Å². The Morgan fingerprint density at radius 2 is 1.94 bits per heavy atom. The monoisotopic (exact) mass is 527 g/mol. The number of aromatic nitrogens is 6. The third kappa shape index (κ3) is 5.56. The second kappa shape index (κ2) is 9.61. The van der Waals surface area contributed by atoms with E-state index >= 15 is 0 Å². The average molecular weight is 528 g/mol. The van der Waals surface area contributed by atoms with Crippen molar-refractivity contribution in [3.63, 3.8) is 0 Å². The van der Waals surface area contributed by atoms with Crippen molar-refractivity contribution in [3.05, 3.63) is 60.6 Å². The van der Waals surface area contributed by atoms with Crippen LogP contribution < -0.4 is 11.1 Å². The van der Waals surface area contributed by atoms with Gasteiger partial charge in [-0.3, -0.25) is 23.7 Å². The number of alkyl halides is 3. The van der Waals surface area contributed by atoms with Crippen molar-refractivity contribution in [1.29, 1.82) is 0 Å². The summed E-state index contributed by atoms with van der Waals surface area (Å²) in [5.41, 5.74) is 0.895. The maximum absolute atomic E-state index is 12.7. The molecule has 0 amide bonds. The van der Waals surface area contributed by atoms with Gasteiger partial charge in [0.25, 0.3) is 0 Å². The van der Waals surface area contributed by atoms with Crippen molar-refractivity contribution >= 4 is 17.3 Å². The number of hydrogen-bond donors (Lipinski definition) is 1. The van der Waals surface area contributed by atoms with Gasteiger partial charge in [0.05, 0.1) is 23.4 Å². The van der Waals surface area contributed by atoms with Gasteiger partial charge in [0.2, 0.25) is 0 Å². The molecule has 1 atom stereocenters. The summed E-state index contributed by atoms with van der Waals surface area (Å²) in [6.45, 7) is 5.45. The molecule has 0 saturated carbocycles. The summed E-state index contributed by atoms with van der Waals surface area (Å²) < 4.78 is 36.4. The lowest BCUT2D eigenvalue weighted by molar-refractivity contribution is -0.192. The number of carbonyl (C=O) groups is 1. The van der Waals surface area contributed by atoms with Gasteiger partial charge in [0.15, 0.2) is 0 Å². The molecule has 5 heterocycles. The normalized spacial score (nSPS) is 19.4. The summed E-state index contributed by atoms with van der Waals surface area (Å²) in [6, 6.07) is 0. The number of hydrogen-bond acceptors (Lipinski definition) is 8. The molecule has 194 valence electrons. The van der Waals surface area contributed by atoms with E-state index < -0.39 is 23.3 Å². The molecule has 11 nitrogen and oxygen atoms in total. The Morgan fingerprint density at radius 3 is 2.53 bits per heavy atom. The molecule has 0 aliphatic carbocycles. The zero-order valence-electron chi connectivity index (χ0n) is 19.5. The van der Waals surface area contributed by atoms with E-state index in [4.69, 9.17) is 9.90 Å². The predicted molar refractivity (Wildman–Crippen MR) is 122 cm³/mol. The number of aryl methyl sites for hydroxylation is 2. The summed E-state index contributed by atoms with van der Waals surface area (Å²) in [6.07, 6.45) is 0.568. The fourth-order valence-electron chi connectivity index (χ4n) is 4.59. The predicted octanol–water partition coefficient (Wildman–Crippen LogP) is 1.03. The fourth-order valence-corrected chi connectivity index (χ4v) is 5.20. The van der Waals surface area contributed by atoms with E-state index in [1.807, 2.05) is 36.4 Å². The number of carboxylic acid groups (broad SMARTS) is 1. The van der Waals surface area contributed by atoms with Crippen LogP contribution in [0.5, 0.6) is 0 Å². The van der Waals surface area contributed by atoms with Gasteiger partial charge < -0.3 is 5.11 Å². The third-order valence-corrected chi connectivity index (χ3v) is 6.96. The third-order valence-electron chi connectivity index (χ3n) is 6.14. The molecule has 2 aliphatic rings. The highest BCUT2D eigenvalue weighted by Crippen LogP contribution is 2.39. The molecule has 3 aromatic rings. The number of likely N-dealkylation sites (tertiary alicyclic amines) is 1. The smallest absolute Gasteiger partial charge is 0.475 e. The highest BCUT2D eigenvalue weighted by molar-refractivity contribution is 7.09. The van der Waals surface area contributed by atoms with Crippen LogP contribution in [0.15, 0.2) is 27.4 Å². The van der Waals surface area contributed by atoms with Gasteiger partial charge in [0.1, 0.15) is 5.82 Å². The molecular formula is C21H24F3N7O4S. The largest absolute Gasteiger partial charge is 0.490 e. The number of halogens is 3. The minimum atomic E-state index is -5.08. The molecule has 2 aliphatic heterocycles. The van der Waals surface area contributed by atoms with Crippen molar-refractivity contribution in [2.75, 3.05) is 13.1 Å². The van der Waals surface area contributed by atoms with Gasteiger partial charge in [-0.05, 0) is 19.9 Å². The lowest BCUT2D eigenvalue weighted by atomic mass is 9.86. The first kappa shape index (κ1) is 25.8. The summed E-state index contributed by atoms with van der Waals surface area (Å²) in [5.74, 6) is -2.04. The Labute approximate surface area is 206 Å². The number of fused-ring (bicyclic) bond motifs is 1. The quantitative estimate of drug-likeness (QED) is 0.499. The van der Waals surface area contributed by atoms with Gasteiger partial charge in [-0.25, -0.2) is 14.5 Å². The van der Waals surface area contributed by atoms with E-state index in [0.29, 0.717) is 12.4 Å². The molecule has 1 N–H and O–H groups in total. The van der Waals surface area contributed by atoms with Crippen LogP contribution in [0.2, 0.25) is 0 Å². The van der Waals surface area contributed by atoms with Crippen LogP contribution in [-0.2, 0) is 37.9 Å². The summed E-state index contributed by atoms with van der Waals surface area (Å²) in [4.78, 5) is 41.0. The van der Waals surface area contributed by atoms with Gasteiger partial charge in [-0.15, -0.1) is 11.3 Å². The number of nitrogens with zero attached hydrogens (tertiary/aromatic N) is 7. The summed E-state index contributed by atoms with van der Waals surface area (Å²) >= 11 is 1.53. The summed E-state index contributed by atoms with van der Waals surface area (Å²) in [5, 5.41) is 18.8. The maximum atomic E-state index is 12.7. The van der Waals surface area contributed by atoms with Crippen molar-refractivity contribution < 1.29 is 23.1 Å². The lowest BCUT2D eigenvalue weighted by Gasteiger charge is -2.22. The van der Waals surface area contributed by atoms with Crippen LogP contribution in [0.1, 0.15) is 28.5 Å². The zero-order chi connectivity index (χ0) is 26.3. The van der Waals surface area contributed by atoms with E-state index in [2.05, 4.69) is 20.1 Å². The topological polar surface area (TPSA) is 128 Å². The fraction of sp³-hybridized carbons (Fsp3) is 0.524. The van der Waals surface area contributed by atoms with E-state index in [1.165, 1.54) is 21.6 Å². The molecule has 1 unspecified atom stereocenters. The van der Waals surface area contributed by atoms with Crippen molar-refractivity contribution in [2.24, 2.45) is 12.5 Å². The molecular weight excluding hydrogens is 503 g/mol. The molecule has 1 fully saturated rings. The molecule has 0 radical (unpaired) electrons. The van der Waals surface area contributed by atoms with Crippen molar-refractivity contribution in [1.82, 2.24) is 34.0 Å². The molecule has 0 aromatic carbocycles. The number of thiazole rings is 1. The SMILES string of the molecule is Cc1nc(Cn2nc3n(c(=O)c2=O)CC2(CCN(Cc4cnn(C)c4)C2)C3)cs1.O=C(O)C(F)(F)F. The molecule has 5 rings (SSSR count). The Kier molecular flexibility index (Phi) is 6.88. The van der Waals surface area contributed by atoms with Crippen molar-refractivity contribution in [3.8, 4) is 0 Å². The molecule has 3 aromatic heterocycles. The van der Waals surface area contributed by atoms with Gasteiger partial charge in [-0.1, -0.05) is 0 Å². The van der Waals surface area contributed by atoms with Crippen LogP contribution >= 0.6 is 11.3 Å². The molecule has 1 spiro atoms. The lowest BCUT2D eigenvalue weighted by Crippen LogP contribution is -2.43. The standard InChI is InChI=1S/C19H23N7O2S.C2HF3O2/c1-13-21-15(10-29-13)9-26-18(28)17(27)25-12-19(5-16(25)22-26)3-4-24(11-19)8-14-6-20-23(2)7-14;3-2(4,5)1(6)7/h6-7,10H,3-5,8-9,11-12H2,1-2H3;(H,6,7). The first-order valence-electron chi connectivity index (χ1n) is 11.0. The van der Waals surface area contributed by atoms with Gasteiger partial charge in [0, 0.05) is 55.7 Å². The molecule has 36 heavy (non-hydrogen) atoms. The second-order valence-electron chi connectivity index (χ2n) is 9.09. The van der Waals surface area contributed by atoms with Gasteiger partial charge >= 0.3 is 23.3 Å². The van der Waals surface area contributed by atoms with Crippen LogP contribution in [0.4, 0.5) is 13.2 Å². The van der Waals surface area contributed by atoms with E-state index in [-0.39, 0.29) is 12.0 Å². The first-order valence-corrected chi connectivity index (χ1v) is 11.8. The van der Waals surface area contributed by atoms with E-state index in [0.717, 1.165) is 43.2 Å². The van der Waals surface area contributed by atoms with Crippen molar-refractivity contribution in [2.45, 2.75) is 45.6 Å². The first-order chi connectivity index (χ1) is 16.8. The van der Waals surface area contributed by atoms with Crippen LogP contribution in [-0.4, -0.2) is 64.4 Å². The maximum Gasteiger partial charge on any atom is 0.490 e. The molecule has 15 heteroatoms. The Balaban J connectivity index is 0.000000384. The Hall–Kier alpha value is -3.33. The average Bonchev–Trinajstić information content (AvgIpc) is 3.56. The highest BCUT2D eigenvalue weighted by atomic mass is 32.1. The number of aliphatic carboxylic acids is 1. The van der Waals surface area contributed by atoms with Gasteiger partial charge in [-0.2, -0.15) is 23.4 Å². The van der Waals surface area contributed by atoms with Crippen LogP contribution in [0.25, 0.3) is 0 Å². The van der Waals surface area contributed by atoms with Crippen LogP contribution in [0, 0.1) is 12.3 Å². The Bertz CT molecular complexity index is 1390. The minimum Gasteiger partial charge on any atom is -0.475 e. The number of carboxylic acids is 1.